The van der Waals surface area contributed by atoms with Crippen molar-refractivity contribution in [1.82, 2.24) is 0 Å². The van der Waals surface area contributed by atoms with Gasteiger partial charge in [0.05, 0.1) is 12.5 Å². The number of ether oxygens (including phenoxy) is 1. The molecule has 0 amide bonds. The van der Waals surface area contributed by atoms with Crippen LogP contribution >= 0.6 is 16.6 Å². The molecule has 0 aromatic heterocycles. The minimum absolute atomic E-state index is 0.00693. The molecule has 1 saturated carbocycles. The predicted molar refractivity (Wildman–Crippen MR) is 60.4 cm³/mol. The molecule has 1 N–H and O–H groups in total. The summed E-state index contributed by atoms with van der Waals surface area (Å²) in [4.78, 5) is 11.1. The highest BCUT2D eigenvalue weighted by Gasteiger charge is 2.50. The molecule has 2 aliphatic rings. The maximum atomic E-state index is 11.1. The van der Waals surface area contributed by atoms with Gasteiger partial charge in [0.15, 0.2) is 0 Å². The average molecular weight is 246 g/mol. The molecular weight excluding hydrogens is 233 g/mol. The number of hydrogen-bond acceptors (Lipinski definition) is 4. The Hall–Kier alpha value is 0.315. The van der Waals surface area contributed by atoms with Crippen LogP contribution in [0.5, 0.6) is 0 Å². The minimum Gasteiger partial charge on any atom is -0.462 e. The van der Waals surface area contributed by atoms with E-state index in [2.05, 4.69) is 0 Å². The standard InChI is InChI=1S/C8H13BO4P2/c9-14-15-13-7-2-6-4(5(7)3-10)1-8(11)12-6/h4-7,10,14-15H,1-3H2/t4-,5-,6+,7-/m1/s1. The van der Waals surface area contributed by atoms with Crippen LogP contribution in [0, 0.1) is 11.8 Å². The van der Waals surface area contributed by atoms with Crippen molar-refractivity contribution in [1.29, 1.82) is 0 Å². The molecule has 15 heavy (non-hydrogen) atoms. The molecule has 0 spiro atoms. The molecule has 7 heteroatoms. The fourth-order valence-electron chi connectivity index (χ4n) is 2.46. The Kier molecular flexibility index (Phi) is 4.01. The minimum atomic E-state index is -0.148. The molecule has 2 unspecified atom stereocenters. The summed E-state index contributed by atoms with van der Waals surface area (Å²) in [7, 11) is 5.98. The zero-order chi connectivity index (χ0) is 10.8. The summed E-state index contributed by atoms with van der Waals surface area (Å²) >= 11 is 0. The van der Waals surface area contributed by atoms with E-state index in [4.69, 9.17) is 16.8 Å². The van der Waals surface area contributed by atoms with Crippen LogP contribution in [0.1, 0.15) is 12.8 Å². The number of aliphatic hydroxyl groups excluding tert-OH is 1. The third kappa shape index (κ3) is 2.36. The highest BCUT2D eigenvalue weighted by molar-refractivity contribution is 8.21. The summed E-state index contributed by atoms with van der Waals surface area (Å²) in [6, 6.07) is 0. The molecule has 0 bridgehead atoms. The van der Waals surface area contributed by atoms with Gasteiger partial charge in [-0.15, -0.1) is 8.15 Å². The summed E-state index contributed by atoms with van der Waals surface area (Å²) in [5.74, 6) is 0.0220. The number of esters is 1. The quantitative estimate of drug-likeness (QED) is 0.448. The number of hydrogen-bond donors (Lipinski definition) is 1. The van der Waals surface area contributed by atoms with Crippen molar-refractivity contribution in [2.45, 2.75) is 25.0 Å². The summed E-state index contributed by atoms with van der Waals surface area (Å²) in [6.07, 6.45) is 1.08. The normalized spacial score (nSPS) is 40.7. The molecule has 0 aromatic carbocycles. The maximum Gasteiger partial charge on any atom is 0.306 e. The molecule has 2 rings (SSSR count). The molecule has 4 nitrogen and oxygen atoms in total. The number of rotatable bonds is 4. The monoisotopic (exact) mass is 246 g/mol. The predicted octanol–water partition coefficient (Wildman–Crippen LogP) is 0.586. The van der Waals surface area contributed by atoms with E-state index in [-0.39, 0.29) is 44.8 Å². The first-order chi connectivity index (χ1) is 7.26. The van der Waals surface area contributed by atoms with Crippen molar-refractivity contribution in [2.24, 2.45) is 11.8 Å². The largest absolute Gasteiger partial charge is 0.462 e. The molecule has 1 aliphatic heterocycles. The number of carbonyl (C=O) groups is 1. The Bertz CT molecular complexity index is 253. The van der Waals surface area contributed by atoms with Crippen molar-refractivity contribution in [3.05, 3.63) is 0 Å². The lowest BCUT2D eigenvalue weighted by atomic mass is 9.93. The number of aliphatic hydroxyl groups is 1. The number of fused-ring (bicyclic) bond motifs is 1. The molecular formula is C8H13BO4P2. The molecule has 82 valence electrons. The number of carbonyl (C=O) groups excluding carboxylic acids is 1. The first-order valence-corrected chi connectivity index (χ1v) is 7.91. The van der Waals surface area contributed by atoms with E-state index >= 15 is 0 Å². The Morgan fingerprint density at radius 1 is 1.67 bits per heavy atom. The van der Waals surface area contributed by atoms with Gasteiger partial charge >= 0.3 is 5.97 Å². The third-order valence-electron chi connectivity index (χ3n) is 3.13. The van der Waals surface area contributed by atoms with E-state index in [1.807, 2.05) is 0 Å². The van der Waals surface area contributed by atoms with E-state index in [1.54, 1.807) is 0 Å². The smallest absolute Gasteiger partial charge is 0.306 e. The second kappa shape index (κ2) is 5.10. The molecule has 2 radical (unpaired) electrons. The van der Waals surface area contributed by atoms with Gasteiger partial charge in [0.2, 0.25) is 0 Å². The molecule has 1 heterocycles. The molecule has 2 fully saturated rings. The van der Waals surface area contributed by atoms with Gasteiger partial charge < -0.3 is 14.4 Å². The molecule has 6 atom stereocenters. The highest BCUT2D eigenvalue weighted by atomic mass is 32.0. The Morgan fingerprint density at radius 3 is 3.13 bits per heavy atom. The Balaban J connectivity index is 1.97. The molecule has 0 aromatic rings. The SMILES string of the molecule is [B]PPO[C@@H]1C[C@@H]2OC(=O)C[C@@H]2[C@H]1CO. The van der Waals surface area contributed by atoms with Crippen LogP contribution < -0.4 is 0 Å². The summed E-state index contributed by atoms with van der Waals surface area (Å²) in [5, 5.41) is 9.30. The average Bonchev–Trinajstić information content (AvgIpc) is 2.70. The van der Waals surface area contributed by atoms with Crippen molar-refractivity contribution in [3.63, 3.8) is 0 Å². The van der Waals surface area contributed by atoms with Crippen LogP contribution in [-0.4, -0.2) is 37.5 Å². The van der Waals surface area contributed by atoms with Gasteiger partial charge in [-0.3, -0.25) is 4.79 Å². The zero-order valence-corrected chi connectivity index (χ0v) is 10.2. The van der Waals surface area contributed by atoms with Crippen molar-refractivity contribution in [3.8, 4) is 0 Å². The van der Waals surface area contributed by atoms with Crippen molar-refractivity contribution >= 4 is 30.2 Å². The van der Waals surface area contributed by atoms with Gasteiger partial charge in [-0.2, -0.15) is 0 Å². The first-order valence-electron chi connectivity index (χ1n) is 4.93. The Labute approximate surface area is 93.4 Å². The highest BCUT2D eigenvalue weighted by Crippen LogP contribution is 2.46. The van der Waals surface area contributed by atoms with Gasteiger partial charge in [0.25, 0.3) is 0 Å². The topological polar surface area (TPSA) is 55.8 Å². The molecule has 1 saturated heterocycles. The maximum absolute atomic E-state index is 11.1. The van der Waals surface area contributed by atoms with E-state index < -0.39 is 0 Å². The van der Waals surface area contributed by atoms with E-state index in [0.29, 0.717) is 21.3 Å². The van der Waals surface area contributed by atoms with Crippen LogP contribution in [0.15, 0.2) is 0 Å². The van der Waals surface area contributed by atoms with Crippen LogP contribution in [0.3, 0.4) is 0 Å². The van der Waals surface area contributed by atoms with Crippen LogP contribution in [0.25, 0.3) is 0 Å². The fraction of sp³-hybridized carbons (Fsp3) is 0.875. The summed E-state index contributed by atoms with van der Waals surface area (Å²) < 4.78 is 10.8. The summed E-state index contributed by atoms with van der Waals surface area (Å²) in [6.45, 7) is 0.0562. The Morgan fingerprint density at radius 2 is 2.47 bits per heavy atom. The van der Waals surface area contributed by atoms with Gasteiger partial charge in [0, 0.05) is 33.4 Å². The second-order valence-electron chi connectivity index (χ2n) is 3.88. The van der Waals surface area contributed by atoms with Gasteiger partial charge in [-0.05, 0) is 0 Å². The third-order valence-corrected chi connectivity index (χ3v) is 4.38. The van der Waals surface area contributed by atoms with E-state index in [9.17, 15) is 9.90 Å². The summed E-state index contributed by atoms with van der Waals surface area (Å²) in [5.41, 5.74) is 0. The van der Waals surface area contributed by atoms with Gasteiger partial charge in [-0.25, -0.2) is 0 Å². The van der Waals surface area contributed by atoms with Gasteiger partial charge in [0.1, 0.15) is 13.7 Å². The lowest BCUT2D eigenvalue weighted by Crippen LogP contribution is -2.24. The van der Waals surface area contributed by atoms with E-state index in [1.165, 1.54) is 0 Å². The van der Waals surface area contributed by atoms with Crippen LogP contribution in [-0.2, 0) is 14.1 Å². The molecule has 1 aliphatic carbocycles. The van der Waals surface area contributed by atoms with E-state index in [0.717, 1.165) is 0 Å². The van der Waals surface area contributed by atoms with Crippen LogP contribution in [0.4, 0.5) is 0 Å². The second-order valence-corrected chi connectivity index (χ2v) is 6.09. The first kappa shape index (κ1) is 11.8. The fourth-order valence-corrected chi connectivity index (χ4v) is 3.60. The lowest BCUT2D eigenvalue weighted by Gasteiger charge is -2.20. The van der Waals surface area contributed by atoms with Crippen molar-refractivity contribution in [2.75, 3.05) is 6.61 Å². The zero-order valence-electron chi connectivity index (χ0n) is 8.18. The van der Waals surface area contributed by atoms with Crippen molar-refractivity contribution < 1.29 is 19.2 Å². The van der Waals surface area contributed by atoms with Crippen LogP contribution in [0.2, 0.25) is 0 Å². The van der Waals surface area contributed by atoms with Gasteiger partial charge in [-0.1, -0.05) is 0 Å². The lowest BCUT2D eigenvalue weighted by molar-refractivity contribution is -0.141.